The number of rotatable bonds is 7. The average molecular weight is 1010 g/mol. The van der Waals surface area contributed by atoms with Crippen molar-refractivity contribution in [3.05, 3.63) is 239 Å². The second-order valence-electron chi connectivity index (χ2n) is 18.7. The zero-order valence-corrected chi connectivity index (χ0v) is 40.8. The predicted molar refractivity (Wildman–Crippen MR) is 296 cm³/mol. The smallest absolute Gasteiger partial charge is 0.308 e. The normalized spacial score (nSPS) is 11.2. The Morgan fingerprint density at radius 2 is 0.590 bits per heavy atom. The van der Waals surface area contributed by atoms with Gasteiger partial charge in [-0.25, -0.2) is 0 Å². The molecule has 0 saturated carbocycles. The molecule has 12 aromatic rings. The minimum absolute atomic E-state index is 0.0377. The summed E-state index contributed by atoms with van der Waals surface area (Å²) in [7, 11) is 0. The van der Waals surface area contributed by atoms with E-state index in [1.54, 1.807) is 60.7 Å². The van der Waals surface area contributed by atoms with Crippen LogP contribution in [0.4, 0.5) is 13.2 Å². The van der Waals surface area contributed by atoms with Gasteiger partial charge in [0.05, 0.1) is 109 Å². The molecule has 0 radical (unpaired) electrons. The van der Waals surface area contributed by atoms with Gasteiger partial charge >= 0.3 is 6.18 Å². The van der Waals surface area contributed by atoms with Crippen LogP contribution in [0.15, 0.2) is 200 Å². The van der Waals surface area contributed by atoms with E-state index in [1.807, 2.05) is 130 Å². The van der Waals surface area contributed by atoms with Crippen molar-refractivity contribution >= 4 is 43.6 Å². The summed E-state index contributed by atoms with van der Waals surface area (Å²) >= 11 is 0. The Balaban J connectivity index is 1.22. The SMILES string of the molecule is N#Cc1ccc(-c2ccc3c(c2)c2cc(-c4ccc(C#N)cc4)ccc2n3-c2cc(C#N)cc(-n3c4ccc(-c5ccc(C#N)cc5)cc4c4cc(-c5ccc(C#N)cc5)ccc43)c2-c2c(C#N)cccc2C(F)(F)F)cc1. The lowest BCUT2D eigenvalue weighted by Gasteiger charge is -2.24. The van der Waals surface area contributed by atoms with Crippen LogP contribution in [0, 0.1) is 68.0 Å². The molecule has 362 valence electrons. The highest BCUT2D eigenvalue weighted by Gasteiger charge is 2.37. The fraction of sp³-hybridized carbons (Fsp3) is 0.0149. The quantitative estimate of drug-likeness (QED) is 0.155. The number of hydrogen-bond acceptors (Lipinski definition) is 6. The van der Waals surface area contributed by atoms with Gasteiger partial charge in [-0.3, -0.25) is 0 Å². The number of hydrogen-bond donors (Lipinski definition) is 0. The van der Waals surface area contributed by atoms with Crippen LogP contribution in [-0.2, 0) is 6.18 Å². The van der Waals surface area contributed by atoms with E-state index in [2.05, 4.69) is 36.4 Å². The van der Waals surface area contributed by atoms with Crippen molar-refractivity contribution in [2.24, 2.45) is 0 Å². The van der Waals surface area contributed by atoms with E-state index in [9.17, 15) is 31.6 Å². The van der Waals surface area contributed by atoms with Crippen molar-refractivity contribution in [2.45, 2.75) is 6.18 Å². The van der Waals surface area contributed by atoms with E-state index in [-0.39, 0.29) is 33.6 Å². The van der Waals surface area contributed by atoms with Crippen LogP contribution in [0.2, 0.25) is 0 Å². The highest BCUT2D eigenvalue weighted by atomic mass is 19.4. The number of nitriles is 6. The molecule has 0 aliphatic carbocycles. The molecule has 0 fully saturated rings. The monoisotopic (exact) mass is 1010 g/mol. The molecular formula is C67H33F3N8. The Bertz CT molecular complexity index is 4260. The summed E-state index contributed by atoms with van der Waals surface area (Å²) in [5, 5.41) is 63.3. The topological polar surface area (TPSA) is 153 Å². The number of aromatic nitrogens is 2. The lowest BCUT2D eigenvalue weighted by atomic mass is 9.90. The molecule has 0 spiro atoms. The molecule has 0 unspecified atom stereocenters. The molecule has 12 rings (SSSR count). The summed E-state index contributed by atoms with van der Waals surface area (Å²) in [6.45, 7) is 0. The Morgan fingerprint density at radius 1 is 0.295 bits per heavy atom. The molecular weight excluding hydrogens is 974 g/mol. The van der Waals surface area contributed by atoms with Gasteiger partial charge in [0.15, 0.2) is 0 Å². The van der Waals surface area contributed by atoms with Gasteiger partial charge in [-0.2, -0.15) is 44.7 Å². The lowest BCUT2D eigenvalue weighted by Crippen LogP contribution is -2.12. The number of fused-ring (bicyclic) bond motifs is 6. The van der Waals surface area contributed by atoms with Gasteiger partial charge in [0, 0.05) is 32.7 Å². The van der Waals surface area contributed by atoms with Crippen molar-refractivity contribution in [1.82, 2.24) is 9.13 Å². The Morgan fingerprint density at radius 3 is 0.859 bits per heavy atom. The van der Waals surface area contributed by atoms with Gasteiger partial charge in [0.25, 0.3) is 0 Å². The van der Waals surface area contributed by atoms with Gasteiger partial charge < -0.3 is 9.13 Å². The summed E-state index contributed by atoms with van der Waals surface area (Å²) in [5.74, 6) is 0. The number of alkyl halides is 3. The molecule has 0 aliphatic heterocycles. The minimum Gasteiger partial charge on any atom is -0.308 e. The van der Waals surface area contributed by atoms with Crippen LogP contribution in [0.3, 0.4) is 0 Å². The number of halogens is 3. The molecule has 2 aromatic heterocycles. The van der Waals surface area contributed by atoms with Crippen molar-refractivity contribution < 1.29 is 13.2 Å². The average Bonchev–Trinajstić information content (AvgIpc) is 4.11. The fourth-order valence-electron chi connectivity index (χ4n) is 10.7. The summed E-state index contributed by atoms with van der Waals surface area (Å²) in [6.07, 6.45) is -4.95. The summed E-state index contributed by atoms with van der Waals surface area (Å²) < 4.78 is 51.5. The van der Waals surface area contributed by atoms with Crippen LogP contribution in [0.5, 0.6) is 0 Å². The summed E-state index contributed by atoms with van der Waals surface area (Å²) in [4.78, 5) is 0. The molecule has 0 atom stereocenters. The first kappa shape index (κ1) is 47.5. The maximum absolute atomic E-state index is 15.9. The van der Waals surface area contributed by atoms with Crippen LogP contribution in [0.25, 0.3) is 111 Å². The third-order valence-corrected chi connectivity index (χ3v) is 14.4. The highest BCUT2D eigenvalue weighted by molar-refractivity contribution is 6.14. The van der Waals surface area contributed by atoms with Crippen molar-refractivity contribution in [3.63, 3.8) is 0 Å². The van der Waals surface area contributed by atoms with E-state index in [1.165, 1.54) is 12.1 Å². The maximum atomic E-state index is 15.9. The van der Waals surface area contributed by atoms with Gasteiger partial charge in [0.2, 0.25) is 0 Å². The second kappa shape index (κ2) is 18.8. The molecule has 78 heavy (non-hydrogen) atoms. The third kappa shape index (κ3) is 7.99. The lowest BCUT2D eigenvalue weighted by molar-refractivity contribution is -0.137. The van der Waals surface area contributed by atoms with Crippen molar-refractivity contribution in [2.75, 3.05) is 0 Å². The first-order valence-electron chi connectivity index (χ1n) is 24.4. The van der Waals surface area contributed by atoms with Gasteiger partial charge in [-0.1, -0.05) is 78.9 Å². The summed E-state index contributed by atoms with van der Waals surface area (Å²) in [6, 6.07) is 71.7. The number of nitrogens with zero attached hydrogens (tertiary/aromatic N) is 8. The van der Waals surface area contributed by atoms with Crippen LogP contribution in [-0.4, -0.2) is 9.13 Å². The standard InChI is InChI=1S/C67H33F3N8/c68-67(69,70)58-3-1-2-53(39-76)65(58)66-63(77-59-24-20-49(45-12-4-40(34-71)5-13-45)30-54(59)55-31-50(21-25-60(55)77)46-14-6-41(35-72)7-15-46)28-44(38-75)29-64(66)78-61-26-22-51(47-16-8-42(36-73)9-17-47)32-56(61)57-33-52(23-27-62(57)78)48-18-10-43(37-74)11-19-48/h1-33H. The van der Waals surface area contributed by atoms with Crippen molar-refractivity contribution in [1.29, 1.82) is 31.6 Å². The largest absolute Gasteiger partial charge is 0.417 e. The van der Waals surface area contributed by atoms with Crippen molar-refractivity contribution in [3.8, 4) is 103 Å². The van der Waals surface area contributed by atoms with E-state index in [4.69, 9.17) is 0 Å². The van der Waals surface area contributed by atoms with Crippen LogP contribution in [0.1, 0.15) is 38.9 Å². The van der Waals surface area contributed by atoms with Gasteiger partial charge in [-0.05, 0) is 166 Å². The van der Waals surface area contributed by atoms with E-state index in [0.29, 0.717) is 44.3 Å². The van der Waals surface area contributed by atoms with Gasteiger partial charge in [0.1, 0.15) is 0 Å². The molecule has 11 heteroatoms. The Kier molecular flexibility index (Phi) is 11.4. The van der Waals surface area contributed by atoms with E-state index in [0.717, 1.165) is 72.1 Å². The highest BCUT2D eigenvalue weighted by Crippen LogP contribution is 2.49. The first-order valence-corrected chi connectivity index (χ1v) is 24.4. The molecule has 2 heterocycles. The fourth-order valence-corrected chi connectivity index (χ4v) is 10.7. The van der Waals surface area contributed by atoms with Gasteiger partial charge in [-0.15, -0.1) is 0 Å². The molecule has 0 bridgehead atoms. The Hall–Kier alpha value is -11.5. The van der Waals surface area contributed by atoms with Crippen LogP contribution >= 0.6 is 0 Å². The van der Waals surface area contributed by atoms with E-state index < -0.39 is 11.7 Å². The molecule has 0 N–H and O–H groups in total. The molecule has 0 aliphatic rings. The second-order valence-corrected chi connectivity index (χ2v) is 18.7. The first-order chi connectivity index (χ1) is 38.0. The summed E-state index contributed by atoms with van der Waals surface area (Å²) in [5.41, 5.74) is 9.73. The molecule has 0 saturated heterocycles. The molecule has 0 amide bonds. The Labute approximate surface area is 444 Å². The zero-order valence-electron chi connectivity index (χ0n) is 40.8. The maximum Gasteiger partial charge on any atom is 0.417 e. The predicted octanol–water partition coefficient (Wildman–Crippen LogP) is 16.5. The molecule has 10 aromatic carbocycles. The minimum atomic E-state index is -4.95. The van der Waals surface area contributed by atoms with Crippen LogP contribution < -0.4 is 0 Å². The van der Waals surface area contributed by atoms with E-state index >= 15 is 13.2 Å². The third-order valence-electron chi connectivity index (χ3n) is 14.4. The molecule has 8 nitrogen and oxygen atoms in total. The zero-order chi connectivity index (χ0) is 53.8. The number of benzene rings is 10.